The molecule has 76 valence electrons. The first-order valence-corrected chi connectivity index (χ1v) is 5.67. The van der Waals surface area contributed by atoms with Crippen LogP contribution in [-0.2, 0) is 0 Å². The van der Waals surface area contributed by atoms with Crippen LogP contribution >= 0.6 is 0 Å². The first-order chi connectivity index (χ1) is 6.92. The number of hydrogen-bond donors (Lipinski definition) is 1. The Kier molecular flexibility index (Phi) is 3.20. The highest BCUT2D eigenvalue weighted by atomic mass is 14.6. The maximum Gasteiger partial charge on any atom is -0.00430 e. The van der Waals surface area contributed by atoms with Gasteiger partial charge in [0.25, 0.3) is 0 Å². The quantitative estimate of drug-likeness (QED) is 0.760. The zero-order chi connectivity index (χ0) is 9.80. The van der Waals surface area contributed by atoms with E-state index in [1.165, 1.54) is 31.2 Å². The standard InChI is InChI=1S/C13H19N/c14-10-12-8-4-5-9-13(12)11-6-2-1-3-7-11/h1-3,6-7,12-13H,4-5,8-10,14H2/t12-,13-/m0/s1. The zero-order valence-corrected chi connectivity index (χ0v) is 8.65. The molecule has 0 amide bonds. The minimum absolute atomic E-state index is 0.714. The van der Waals surface area contributed by atoms with Crippen LogP contribution in [-0.4, -0.2) is 6.54 Å². The molecule has 0 aromatic heterocycles. The third-order valence-electron chi connectivity index (χ3n) is 3.44. The molecule has 0 saturated heterocycles. The number of rotatable bonds is 2. The van der Waals surface area contributed by atoms with Gasteiger partial charge in [-0.3, -0.25) is 0 Å². The summed E-state index contributed by atoms with van der Waals surface area (Å²) in [6.45, 7) is 0.847. The lowest BCUT2D eigenvalue weighted by Crippen LogP contribution is -2.25. The summed E-state index contributed by atoms with van der Waals surface area (Å²) in [5, 5.41) is 0. The highest BCUT2D eigenvalue weighted by Gasteiger charge is 2.24. The van der Waals surface area contributed by atoms with Crippen LogP contribution in [0.2, 0.25) is 0 Å². The van der Waals surface area contributed by atoms with E-state index in [-0.39, 0.29) is 0 Å². The lowest BCUT2D eigenvalue weighted by Gasteiger charge is -2.30. The largest absolute Gasteiger partial charge is 0.330 e. The SMILES string of the molecule is NC[C@@H]1CCCC[C@H]1c1ccccc1. The average Bonchev–Trinajstić information content (AvgIpc) is 2.30. The van der Waals surface area contributed by atoms with Crippen molar-refractivity contribution in [1.82, 2.24) is 0 Å². The molecular formula is C13H19N. The van der Waals surface area contributed by atoms with E-state index in [0.717, 1.165) is 12.5 Å². The maximum absolute atomic E-state index is 5.83. The molecular weight excluding hydrogens is 170 g/mol. The first-order valence-electron chi connectivity index (χ1n) is 5.67. The van der Waals surface area contributed by atoms with E-state index in [2.05, 4.69) is 30.3 Å². The van der Waals surface area contributed by atoms with Crippen molar-refractivity contribution in [3.05, 3.63) is 35.9 Å². The lowest BCUT2D eigenvalue weighted by atomic mass is 9.75. The van der Waals surface area contributed by atoms with Crippen LogP contribution in [0.3, 0.4) is 0 Å². The van der Waals surface area contributed by atoms with Gasteiger partial charge in [0.2, 0.25) is 0 Å². The van der Waals surface area contributed by atoms with Crippen molar-refractivity contribution >= 4 is 0 Å². The number of nitrogens with two attached hydrogens (primary N) is 1. The van der Waals surface area contributed by atoms with Crippen molar-refractivity contribution in [3.63, 3.8) is 0 Å². The molecule has 1 nitrogen and oxygen atoms in total. The fourth-order valence-corrected chi connectivity index (χ4v) is 2.63. The topological polar surface area (TPSA) is 26.0 Å². The van der Waals surface area contributed by atoms with Gasteiger partial charge in [-0.05, 0) is 36.8 Å². The van der Waals surface area contributed by atoms with E-state index < -0.39 is 0 Å². The molecule has 2 rings (SSSR count). The van der Waals surface area contributed by atoms with Crippen LogP contribution < -0.4 is 5.73 Å². The highest BCUT2D eigenvalue weighted by Crippen LogP contribution is 2.36. The molecule has 0 radical (unpaired) electrons. The molecule has 1 aliphatic carbocycles. The molecule has 1 fully saturated rings. The smallest absolute Gasteiger partial charge is 0.00430 e. The molecule has 1 aliphatic rings. The summed E-state index contributed by atoms with van der Waals surface area (Å²) in [5.41, 5.74) is 7.32. The molecule has 14 heavy (non-hydrogen) atoms. The Morgan fingerprint density at radius 2 is 1.79 bits per heavy atom. The Labute approximate surface area is 86.3 Å². The summed E-state index contributed by atoms with van der Waals surface area (Å²) in [4.78, 5) is 0. The molecule has 0 aliphatic heterocycles. The highest BCUT2D eigenvalue weighted by molar-refractivity contribution is 5.20. The second kappa shape index (κ2) is 4.61. The minimum Gasteiger partial charge on any atom is -0.330 e. The fraction of sp³-hybridized carbons (Fsp3) is 0.538. The van der Waals surface area contributed by atoms with Gasteiger partial charge in [-0.25, -0.2) is 0 Å². The van der Waals surface area contributed by atoms with E-state index in [4.69, 9.17) is 5.73 Å². The predicted molar refractivity (Wildman–Crippen MR) is 60.2 cm³/mol. The van der Waals surface area contributed by atoms with Gasteiger partial charge < -0.3 is 5.73 Å². The Balaban J connectivity index is 2.15. The van der Waals surface area contributed by atoms with Gasteiger partial charge in [-0.15, -0.1) is 0 Å². The molecule has 0 spiro atoms. The molecule has 1 heteroatoms. The Morgan fingerprint density at radius 1 is 1.07 bits per heavy atom. The van der Waals surface area contributed by atoms with Crippen LogP contribution in [0.15, 0.2) is 30.3 Å². The van der Waals surface area contributed by atoms with Crippen LogP contribution in [0, 0.1) is 5.92 Å². The van der Waals surface area contributed by atoms with Crippen molar-refractivity contribution in [2.24, 2.45) is 11.7 Å². The van der Waals surface area contributed by atoms with Crippen molar-refractivity contribution in [2.75, 3.05) is 6.54 Å². The predicted octanol–water partition coefficient (Wildman–Crippen LogP) is 2.92. The summed E-state index contributed by atoms with van der Waals surface area (Å²) in [6, 6.07) is 10.9. The fourth-order valence-electron chi connectivity index (χ4n) is 2.63. The van der Waals surface area contributed by atoms with E-state index >= 15 is 0 Å². The van der Waals surface area contributed by atoms with Gasteiger partial charge in [-0.2, -0.15) is 0 Å². The van der Waals surface area contributed by atoms with Crippen LogP contribution in [0.25, 0.3) is 0 Å². The van der Waals surface area contributed by atoms with Crippen molar-refractivity contribution in [3.8, 4) is 0 Å². The summed E-state index contributed by atoms with van der Waals surface area (Å²) in [5.74, 6) is 1.43. The Morgan fingerprint density at radius 3 is 2.50 bits per heavy atom. The van der Waals surface area contributed by atoms with Gasteiger partial charge in [0.15, 0.2) is 0 Å². The van der Waals surface area contributed by atoms with E-state index in [9.17, 15) is 0 Å². The van der Waals surface area contributed by atoms with Gasteiger partial charge in [0, 0.05) is 0 Å². The maximum atomic E-state index is 5.83. The summed E-state index contributed by atoms with van der Waals surface area (Å²) in [6.07, 6.45) is 5.38. The van der Waals surface area contributed by atoms with Gasteiger partial charge in [0.1, 0.15) is 0 Å². The van der Waals surface area contributed by atoms with Gasteiger partial charge in [-0.1, -0.05) is 43.2 Å². The van der Waals surface area contributed by atoms with E-state index in [1.807, 2.05) is 0 Å². The third-order valence-corrected chi connectivity index (χ3v) is 3.44. The molecule has 2 N–H and O–H groups in total. The molecule has 1 saturated carbocycles. The average molecular weight is 189 g/mol. The number of benzene rings is 1. The summed E-state index contributed by atoms with van der Waals surface area (Å²) in [7, 11) is 0. The van der Waals surface area contributed by atoms with E-state index in [1.54, 1.807) is 0 Å². The van der Waals surface area contributed by atoms with Crippen molar-refractivity contribution < 1.29 is 0 Å². The lowest BCUT2D eigenvalue weighted by molar-refractivity contribution is 0.314. The Hall–Kier alpha value is -0.820. The monoisotopic (exact) mass is 189 g/mol. The molecule has 2 atom stereocenters. The van der Waals surface area contributed by atoms with Crippen LogP contribution in [0.5, 0.6) is 0 Å². The Bertz CT molecular complexity index is 268. The van der Waals surface area contributed by atoms with E-state index in [0.29, 0.717) is 5.92 Å². The zero-order valence-electron chi connectivity index (χ0n) is 8.65. The van der Waals surface area contributed by atoms with Gasteiger partial charge in [0.05, 0.1) is 0 Å². The van der Waals surface area contributed by atoms with Crippen molar-refractivity contribution in [2.45, 2.75) is 31.6 Å². The third kappa shape index (κ3) is 1.98. The molecule has 1 aromatic rings. The molecule has 0 bridgehead atoms. The van der Waals surface area contributed by atoms with Crippen molar-refractivity contribution in [1.29, 1.82) is 0 Å². The second-order valence-electron chi connectivity index (χ2n) is 4.30. The summed E-state index contributed by atoms with van der Waals surface area (Å²) < 4.78 is 0. The molecule has 1 aromatic carbocycles. The second-order valence-corrected chi connectivity index (χ2v) is 4.30. The first kappa shape index (κ1) is 9.72. The normalized spacial score (nSPS) is 27.5. The minimum atomic E-state index is 0.714. The van der Waals surface area contributed by atoms with Crippen LogP contribution in [0.1, 0.15) is 37.2 Å². The molecule has 0 heterocycles. The summed E-state index contributed by atoms with van der Waals surface area (Å²) >= 11 is 0. The van der Waals surface area contributed by atoms with Crippen LogP contribution in [0.4, 0.5) is 0 Å². The number of hydrogen-bond acceptors (Lipinski definition) is 1. The molecule has 0 unspecified atom stereocenters. The van der Waals surface area contributed by atoms with Gasteiger partial charge >= 0.3 is 0 Å².